The summed E-state index contributed by atoms with van der Waals surface area (Å²) in [6.07, 6.45) is -3.42. The van der Waals surface area contributed by atoms with E-state index in [9.17, 15) is 18.0 Å². The molecule has 0 spiro atoms. The van der Waals surface area contributed by atoms with Crippen LogP contribution in [0.3, 0.4) is 0 Å². The number of benzene rings is 1. The van der Waals surface area contributed by atoms with Crippen molar-refractivity contribution in [2.75, 3.05) is 0 Å². The van der Waals surface area contributed by atoms with Crippen LogP contribution in [0, 0.1) is 0 Å². The van der Waals surface area contributed by atoms with E-state index in [0.29, 0.717) is 24.8 Å². The van der Waals surface area contributed by atoms with Gasteiger partial charge in [0.05, 0.1) is 11.8 Å². The first kappa shape index (κ1) is 13.1. The molecule has 1 aliphatic rings. The zero-order valence-corrected chi connectivity index (χ0v) is 9.96. The maximum absolute atomic E-state index is 12.8. The van der Waals surface area contributed by atoms with Crippen molar-refractivity contribution in [1.29, 1.82) is 0 Å². The third-order valence-corrected chi connectivity index (χ3v) is 3.62. The first-order valence-corrected chi connectivity index (χ1v) is 6.10. The highest BCUT2D eigenvalue weighted by Crippen LogP contribution is 2.44. The van der Waals surface area contributed by atoms with E-state index in [2.05, 4.69) is 0 Å². The largest absolute Gasteiger partial charge is 0.390 e. The van der Waals surface area contributed by atoms with Crippen molar-refractivity contribution in [1.82, 2.24) is 0 Å². The van der Waals surface area contributed by atoms with Crippen LogP contribution in [-0.4, -0.2) is 12.0 Å². The number of hydrogen-bond donors (Lipinski definition) is 0. The SMILES string of the molecule is O=C1CCCCC1(CC(F)(F)F)c1ccccc1. The second-order valence-electron chi connectivity index (χ2n) is 4.87. The van der Waals surface area contributed by atoms with Crippen LogP contribution < -0.4 is 0 Å². The first-order chi connectivity index (χ1) is 8.44. The Balaban J connectivity index is 2.42. The van der Waals surface area contributed by atoms with Crippen molar-refractivity contribution < 1.29 is 18.0 Å². The number of rotatable bonds is 2. The molecule has 18 heavy (non-hydrogen) atoms. The van der Waals surface area contributed by atoms with E-state index in [1.54, 1.807) is 30.3 Å². The third-order valence-electron chi connectivity index (χ3n) is 3.62. The smallest absolute Gasteiger partial charge is 0.299 e. The van der Waals surface area contributed by atoms with Crippen molar-refractivity contribution in [2.45, 2.75) is 43.7 Å². The average Bonchev–Trinajstić information content (AvgIpc) is 2.32. The predicted octanol–water partition coefficient (Wildman–Crippen LogP) is 4.02. The Morgan fingerprint density at radius 1 is 1.11 bits per heavy atom. The lowest BCUT2D eigenvalue weighted by molar-refractivity contribution is -0.160. The molecule has 1 saturated carbocycles. The number of halogens is 3. The van der Waals surface area contributed by atoms with Crippen molar-refractivity contribution in [3.8, 4) is 0 Å². The fourth-order valence-corrected chi connectivity index (χ4v) is 2.78. The van der Waals surface area contributed by atoms with Crippen molar-refractivity contribution >= 4 is 5.78 Å². The molecule has 1 unspecified atom stereocenters. The topological polar surface area (TPSA) is 17.1 Å². The minimum atomic E-state index is -4.32. The van der Waals surface area contributed by atoms with Gasteiger partial charge in [0.25, 0.3) is 0 Å². The second kappa shape index (κ2) is 4.75. The maximum atomic E-state index is 12.8. The Kier molecular flexibility index (Phi) is 3.46. The molecule has 1 aliphatic carbocycles. The molecule has 0 aliphatic heterocycles. The quantitative estimate of drug-likeness (QED) is 0.781. The van der Waals surface area contributed by atoms with Gasteiger partial charge in [0.1, 0.15) is 5.78 Å². The molecule has 4 heteroatoms. The summed E-state index contributed by atoms with van der Waals surface area (Å²) in [4.78, 5) is 12.1. The van der Waals surface area contributed by atoms with Crippen LogP contribution in [-0.2, 0) is 10.2 Å². The molecule has 0 amide bonds. The number of hydrogen-bond acceptors (Lipinski definition) is 1. The van der Waals surface area contributed by atoms with E-state index >= 15 is 0 Å². The summed E-state index contributed by atoms with van der Waals surface area (Å²) in [5.74, 6) is -0.266. The fourth-order valence-electron chi connectivity index (χ4n) is 2.78. The summed E-state index contributed by atoms with van der Waals surface area (Å²) in [5, 5.41) is 0. The molecule has 1 fully saturated rings. The fraction of sp³-hybridized carbons (Fsp3) is 0.500. The Morgan fingerprint density at radius 2 is 1.78 bits per heavy atom. The minimum Gasteiger partial charge on any atom is -0.299 e. The molecule has 0 saturated heterocycles. The van der Waals surface area contributed by atoms with Crippen molar-refractivity contribution in [2.24, 2.45) is 0 Å². The summed E-state index contributed by atoms with van der Waals surface area (Å²) in [6, 6.07) is 8.40. The van der Waals surface area contributed by atoms with Gasteiger partial charge in [0.15, 0.2) is 0 Å². The Labute approximate surface area is 104 Å². The van der Waals surface area contributed by atoms with Crippen LogP contribution in [0.15, 0.2) is 30.3 Å². The standard InChI is InChI=1S/C14H15F3O/c15-14(16,17)10-13(9-5-4-8-12(13)18)11-6-2-1-3-7-11/h1-3,6-7H,4-5,8-10H2. The van der Waals surface area contributed by atoms with E-state index in [0.717, 1.165) is 0 Å². The zero-order chi connectivity index (χ0) is 13.2. The maximum Gasteiger partial charge on any atom is 0.390 e. The highest BCUT2D eigenvalue weighted by atomic mass is 19.4. The molecule has 1 aromatic carbocycles. The van der Waals surface area contributed by atoms with E-state index in [4.69, 9.17) is 0 Å². The van der Waals surface area contributed by atoms with Crippen LogP contribution >= 0.6 is 0 Å². The lowest BCUT2D eigenvalue weighted by atomic mass is 9.66. The van der Waals surface area contributed by atoms with E-state index in [-0.39, 0.29) is 12.2 Å². The molecular formula is C14H15F3O. The molecule has 1 nitrogen and oxygen atoms in total. The summed E-state index contributed by atoms with van der Waals surface area (Å²) < 4.78 is 38.4. The van der Waals surface area contributed by atoms with E-state index in [1.165, 1.54) is 0 Å². The molecule has 1 aromatic rings. The number of Topliss-reactive ketones (excluding diaryl/α,β-unsaturated/α-hetero) is 1. The van der Waals surface area contributed by atoms with E-state index < -0.39 is 18.0 Å². The monoisotopic (exact) mass is 256 g/mol. The Morgan fingerprint density at radius 3 is 2.33 bits per heavy atom. The van der Waals surface area contributed by atoms with Gasteiger partial charge in [0, 0.05) is 6.42 Å². The highest BCUT2D eigenvalue weighted by Gasteiger charge is 2.49. The van der Waals surface area contributed by atoms with Gasteiger partial charge in [0.2, 0.25) is 0 Å². The minimum absolute atomic E-state index is 0.255. The Bertz CT molecular complexity index is 424. The summed E-state index contributed by atoms with van der Waals surface area (Å²) >= 11 is 0. The predicted molar refractivity (Wildman–Crippen MR) is 62.3 cm³/mol. The van der Waals surface area contributed by atoms with Gasteiger partial charge in [-0.25, -0.2) is 0 Å². The van der Waals surface area contributed by atoms with Crippen LogP contribution in [0.2, 0.25) is 0 Å². The first-order valence-electron chi connectivity index (χ1n) is 6.10. The lowest BCUT2D eigenvalue weighted by Gasteiger charge is -2.36. The highest BCUT2D eigenvalue weighted by molar-refractivity contribution is 5.90. The molecule has 0 aromatic heterocycles. The molecule has 0 bridgehead atoms. The number of carbonyl (C=O) groups is 1. The van der Waals surface area contributed by atoms with Gasteiger partial charge in [-0.05, 0) is 18.4 Å². The molecule has 1 atom stereocenters. The molecular weight excluding hydrogens is 241 g/mol. The molecule has 2 rings (SSSR count). The Hall–Kier alpha value is -1.32. The van der Waals surface area contributed by atoms with Crippen LogP contribution in [0.25, 0.3) is 0 Å². The van der Waals surface area contributed by atoms with Gasteiger partial charge in [-0.15, -0.1) is 0 Å². The van der Waals surface area contributed by atoms with Crippen LogP contribution in [0.4, 0.5) is 13.2 Å². The van der Waals surface area contributed by atoms with Gasteiger partial charge in [-0.3, -0.25) is 4.79 Å². The van der Waals surface area contributed by atoms with Crippen LogP contribution in [0.1, 0.15) is 37.7 Å². The number of alkyl halides is 3. The molecule has 98 valence electrons. The zero-order valence-electron chi connectivity index (χ0n) is 9.96. The summed E-state index contributed by atoms with van der Waals surface area (Å²) in [7, 11) is 0. The lowest BCUT2D eigenvalue weighted by Crippen LogP contribution is -2.42. The number of carbonyl (C=O) groups excluding carboxylic acids is 1. The van der Waals surface area contributed by atoms with Gasteiger partial charge >= 0.3 is 6.18 Å². The van der Waals surface area contributed by atoms with Gasteiger partial charge in [-0.2, -0.15) is 13.2 Å². The van der Waals surface area contributed by atoms with Crippen molar-refractivity contribution in [3.05, 3.63) is 35.9 Å². The average molecular weight is 256 g/mol. The normalized spacial score (nSPS) is 25.2. The van der Waals surface area contributed by atoms with Gasteiger partial charge in [-0.1, -0.05) is 36.8 Å². The second-order valence-corrected chi connectivity index (χ2v) is 4.87. The summed E-state index contributed by atoms with van der Waals surface area (Å²) in [5.41, 5.74) is -0.843. The van der Waals surface area contributed by atoms with Crippen molar-refractivity contribution in [3.63, 3.8) is 0 Å². The number of ketones is 1. The van der Waals surface area contributed by atoms with Crippen LogP contribution in [0.5, 0.6) is 0 Å². The summed E-state index contributed by atoms with van der Waals surface area (Å²) in [6.45, 7) is 0. The molecule has 0 N–H and O–H groups in total. The van der Waals surface area contributed by atoms with E-state index in [1.807, 2.05) is 0 Å². The van der Waals surface area contributed by atoms with Gasteiger partial charge < -0.3 is 0 Å². The third kappa shape index (κ3) is 2.57. The molecule has 0 radical (unpaired) electrons. The molecule has 0 heterocycles.